The summed E-state index contributed by atoms with van der Waals surface area (Å²) in [6, 6.07) is 0. The topological polar surface area (TPSA) is 69.2 Å². The molecule has 0 unspecified atom stereocenters. The summed E-state index contributed by atoms with van der Waals surface area (Å²) in [5, 5.41) is 10.2. The summed E-state index contributed by atoms with van der Waals surface area (Å²) in [5.74, 6) is -0.991. The molecule has 162 valence electrons. The molecule has 0 aromatic carbocycles. The van der Waals surface area contributed by atoms with Crippen LogP contribution < -0.4 is 10.8 Å². The van der Waals surface area contributed by atoms with E-state index in [1.807, 2.05) is 26.2 Å². The van der Waals surface area contributed by atoms with E-state index in [1.54, 1.807) is 4.58 Å². The molecule has 0 saturated heterocycles. The van der Waals surface area contributed by atoms with Crippen LogP contribution in [0.25, 0.3) is 0 Å². The van der Waals surface area contributed by atoms with E-state index in [2.05, 4.69) is 67.7 Å². The second-order valence-corrected chi connectivity index (χ2v) is 6.44. The van der Waals surface area contributed by atoms with Gasteiger partial charge in [-0.25, -0.2) is 0 Å². The summed E-state index contributed by atoms with van der Waals surface area (Å²) < 4.78 is 1.78. The van der Waals surface area contributed by atoms with Crippen molar-refractivity contribution in [2.75, 3.05) is 14.1 Å². The van der Waals surface area contributed by atoms with Crippen LogP contribution >= 0.6 is 0 Å². The molecule has 2 N–H and O–H groups in total. The fourth-order valence-electron chi connectivity index (χ4n) is 1.84. The molecule has 29 heavy (non-hydrogen) atoms. The molecule has 0 heterocycles. The normalized spacial score (nSPS) is 12.0. The van der Waals surface area contributed by atoms with E-state index in [1.165, 1.54) is 6.34 Å². The number of allylic oxidation sites excluding steroid dienone is 12. The number of rotatable bonds is 14. The Morgan fingerprint density at radius 1 is 0.724 bits per heavy atom. The van der Waals surface area contributed by atoms with E-state index in [4.69, 9.17) is 5.73 Å². The van der Waals surface area contributed by atoms with Crippen molar-refractivity contribution in [3.63, 3.8) is 0 Å². The molecule has 0 aliphatic heterocycles. The average Bonchev–Trinajstić information content (AvgIpc) is 2.70. The van der Waals surface area contributed by atoms with Gasteiger partial charge in [0.15, 0.2) is 0 Å². The highest BCUT2D eigenvalue weighted by Gasteiger charge is 1.81. The number of nitrogens with two attached hydrogens (primary N) is 1. The first kappa shape index (κ1) is 28.6. The Bertz CT molecular complexity index is 576. The molecule has 0 amide bonds. The summed E-state index contributed by atoms with van der Waals surface area (Å²) in [4.78, 5) is 10.2. The fourth-order valence-corrected chi connectivity index (χ4v) is 1.84. The summed E-state index contributed by atoms with van der Waals surface area (Å²) in [5.41, 5.74) is 4.97. The van der Waals surface area contributed by atoms with E-state index in [0.717, 1.165) is 38.5 Å². The maximum Gasteiger partial charge on any atom is 0.229 e. The molecule has 0 radical (unpaired) electrons. The molecule has 0 aromatic heterocycles. The number of carbonyl (C=O) groups excluding carboxylic acids is 1. The quantitative estimate of drug-likeness (QED) is 0.203. The largest absolute Gasteiger partial charge is 0.550 e. The SMILES string of the molecule is CC/C=C\C/C=C\C/C=C\C/C=C\C/C=C\C/C=C\CCC(=O)[O-].C[N+](C)=CN. The third-order valence-corrected chi connectivity index (χ3v) is 3.41. The lowest BCUT2D eigenvalue weighted by molar-refractivity contribution is -0.460. The molecule has 0 bridgehead atoms. The van der Waals surface area contributed by atoms with Gasteiger partial charge in [0.05, 0.1) is 14.1 Å². The zero-order valence-electron chi connectivity index (χ0n) is 18.5. The van der Waals surface area contributed by atoms with Gasteiger partial charge in [0.2, 0.25) is 6.34 Å². The number of carboxylic acids is 1. The average molecular weight is 401 g/mol. The third-order valence-electron chi connectivity index (χ3n) is 3.41. The van der Waals surface area contributed by atoms with E-state index in [-0.39, 0.29) is 6.42 Å². The van der Waals surface area contributed by atoms with Crippen LogP contribution in [0.4, 0.5) is 0 Å². The summed E-state index contributed by atoms with van der Waals surface area (Å²) >= 11 is 0. The predicted molar refractivity (Wildman–Crippen MR) is 125 cm³/mol. The summed E-state index contributed by atoms with van der Waals surface area (Å²) in [6.45, 7) is 2.15. The van der Waals surface area contributed by atoms with Crippen molar-refractivity contribution in [2.24, 2.45) is 5.73 Å². The van der Waals surface area contributed by atoms with Crippen LogP contribution in [0.3, 0.4) is 0 Å². The van der Waals surface area contributed by atoms with Gasteiger partial charge in [-0.1, -0.05) is 79.8 Å². The van der Waals surface area contributed by atoms with Crippen LogP contribution in [-0.2, 0) is 4.79 Å². The number of hydrogen-bond acceptors (Lipinski definition) is 2. The highest BCUT2D eigenvalue weighted by molar-refractivity contribution is 5.64. The first-order valence-electron chi connectivity index (χ1n) is 10.4. The second kappa shape index (κ2) is 25.4. The number of nitrogens with zero attached hydrogens (tertiary/aromatic N) is 1. The smallest absolute Gasteiger partial charge is 0.229 e. The standard InChI is InChI=1S/C22H32O2.C3H8N2/c1-2-3-4-5-6-7-8-9-10-11-12-13-14-15-16-17-18-19-20-21-22(23)24;1-5(2)3-4/h3-4,6-7,9-10,12-13,15-16,18-19H,2,5,8,11,14,17,20-21H2,1H3,(H,23,24);3-4H,1-2H3/b4-3-,7-6-,10-9-,13-12-,16-15-,19-18-;. The second-order valence-electron chi connectivity index (χ2n) is 6.44. The fraction of sp³-hybridized carbons (Fsp3) is 0.440. The minimum atomic E-state index is -0.991. The lowest BCUT2D eigenvalue weighted by Gasteiger charge is -1.95. The van der Waals surface area contributed by atoms with Crippen molar-refractivity contribution in [3.8, 4) is 0 Å². The van der Waals surface area contributed by atoms with Gasteiger partial charge < -0.3 is 9.90 Å². The molecular weight excluding hydrogens is 360 g/mol. The third kappa shape index (κ3) is 33.4. The van der Waals surface area contributed by atoms with Crippen LogP contribution in [0.5, 0.6) is 0 Å². The molecular formula is C25H40N2O2. The van der Waals surface area contributed by atoms with E-state index in [9.17, 15) is 9.90 Å². The Morgan fingerprint density at radius 2 is 1.03 bits per heavy atom. The minimum Gasteiger partial charge on any atom is -0.550 e. The van der Waals surface area contributed by atoms with Gasteiger partial charge in [-0.2, -0.15) is 0 Å². The number of carboxylic acid groups (broad SMARTS) is 1. The Morgan fingerprint density at radius 3 is 1.31 bits per heavy atom. The van der Waals surface area contributed by atoms with Crippen molar-refractivity contribution in [1.29, 1.82) is 0 Å². The van der Waals surface area contributed by atoms with Crippen LogP contribution in [-0.4, -0.2) is 31.0 Å². The molecule has 0 rings (SSSR count). The lowest BCUT2D eigenvalue weighted by atomic mass is 10.2. The van der Waals surface area contributed by atoms with Gasteiger partial charge >= 0.3 is 0 Å². The molecule has 4 nitrogen and oxygen atoms in total. The van der Waals surface area contributed by atoms with Gasteiger partial charge in [-0.3, -0.25) is 10.3 Å². The first-order valence-corrected chi connectivity index (χ1v) is 10.4. The van der Waals surface area contributed by atoms with Crippen molar-refractivity contribution >= 4 is 12.3 Å². The van der Waals surface area contributed by atoms with Crippen LogP contribution in [0.1, 0.15) is 58.3 Å². The number of hydrogen-bond donors (Lipinski definition) is 1. The van der Waals surface area contributed by atoms with E-state index in [0.29, 0.717) is 6.42 Å². The first-order chi connectivity index (χ1) is 14.0. The Hall–Kier alpha value is -2.62. The molecule has 0 fully saturated rings. The lowest BCUT2D eigenvalue weighted by Crippen LogP contribution is -2.21. The van der Waals surface area contributed by atoms with Crippen molar-refractivity contribution in [3.05, 3.63) is 72.9 Å². The number of aliphatic carboxylic acids is 1. The Balaban J connectivity index is 0. The van der Waals surface area contributed by atoms with Crippen LogP contribution in [0, 0.1) is 0 Å². The van der Waals surface area contributed by atoms with Gasteiger partial charge in [-0.15, -0.1) is 0 Å². The van der Waals surface area contributed by atoms with Crippen LogP contribution in [0.15, 0.2) is 72.9 Å². The molecule has 0 aliphatic rings. The molecule has 0 atom stereocenters. The molecule has 0 aromatic rings. The minimum absolute atomic E-state index is 0.0994. The van der Waals surface area contributed by atoms with E-state index >= 15 is 0 Å². The van der Waals surface area contributed by atoms with Crippen molar-refractivity contribution in [1.82, 2.24) is 0 Å². The van der Waals surface area contributed by atoms with Gasteiger partial charge in [-0.05, 0) is 51.4 Å². The monoisotopic (exact) mass is 400 g/mol. The Kier molecular flexibility index (Phi) is 25.0. The summed E-state index contributed by atoms with van der Waals surface area (Å²) in [6.07, 6.45) is 33.6. The van der Waals surface area contributed by atoms with Gasteiger partial charge in [0.25, 0.3) is 0 Å². The highest BCUT2D eigenvalue weighted by Crippen LogP contribution is 1.97. The maximum atomic E-state index is 10.2. The molecule has 0 saturated carbocycles. The Labute approximate surface area is 178 Å². The van der Waals surface area contributed by atoms with Gasteiger partial charge in [0, 0.05) is 5.97 Å². The van der Waals surface area contributed by atoms with Crippen molar-refractivity contribution < 1.29 is 14.5 Å². The van der Waals surface area contributed by atoms with Crippen LogP contribution in [0.2, 0.25) is 0 Å². The predicted octanol–water partition coefficient (Wildman–Crippen LogP) is 4.46. The van der Waals surface area contributed by atoms with E-state index < -0.39 is 5.97 Å². The highest BCUT2D eigenvalue weighted by atomic mass is 16.4. The zero-order valence-corrected chi connectivity index (χ0v) is 18.5. The summed E-state index contributed by atoms with van der Waals surface area (Å²) in [7, 11) is 3.75. The zero-order chi connectivity index (χ0) is 22.0. The maximum absolute atomic E-state index is 10.2. The number of carbonyl (C=O) groups is 1. The molecule has 4 heteroatoms. The molecule has 0 aliphatic carbocycles. The molecule has 0 spiro atoms. The van der Waals surface area contributed by atoms with Gasteiger partial charge in [0.1, 0.15) is 0 Å². The van der Waals surface area contributed by atoms with Crippen molar-refractivity contribution in [2.45, 2.75) is 58.3 Å².